The third-order valence-corrected chi connectivity index (χ3v) is 6.80. The minimum absolute atomic E-state index is 0.0857. The standard InChI is InChI=1S/C25H24ClN5O/c1-17-15-28-25-23(10-9-22(31(17)25)19-7-5-18(14-27)6-8-19)29-11-12-30(24(32)16-29)21-4-2-3-20(26)13-21/h2-8,13,15,22-23H,9-12,16H2,1H3/t22-,23-/m0/s1. The number of anilines is 1. The second-order valence-electron chi connectivity index (χ2n) is 8.47. The van der Waals surface area contributed by atoms with E-state index in [1.165, 1.54) is 5.56 Å². The molecule has 0 spiro atoms. The number of piperazine rings is 1. The molecule has 0 N–H and O–H groups in total. The third-order valence-electron chi connectivity index (χ3n) is 6.57. The molecule has 6 nitrogen and oxygen atoms in total. The van der Waals surface area contributed by atoms with Crippen molar-refractivity contribution in [2.45, 2.75) is 31.8 Å². The molecular formula is C25H24ClN5O. The second-order valence-corrected chi connectivity index (χ2v) is 8.90. The zero-order valence-electron chi connectivity index (χ0n) is 17.9. The highest BCUT2D eigenvalue weighted by Gasteiger charge is 2.37. The molecule has 0 unspecified atom stereocenters. The van der Waals surface area contributed by atoms with Crippen molar-refractivity contribution in [1.29, 1.82) is 5.26 Å². The predicted molar refractivity (Wildman–Crippen MR) is 124 cm³/mol. The molecule has 0 saturated carbocycles. The number of aryl methyl sites for hydroxylation is 1. The van der Waals surface area contributed by atoms with Gasteiger partial charge in [0.2, 0.25) is 5.91 Å². The Bertz CT molecular complexity index is 1200. The Hall–Kier alpha value is -3.14. The molecule has 2 atom stereocenters. The van der Waals surface area contributed by atoms with E-state index in [4.69, 9.17) is 21.8 Å². The summed E-state index contributed by atoms with van der Waals surface area (Å²) in [6.07, 6.45) is 3.82. The lowest BCUT2D eigenvalue weighted by atomic mass is 9.92. The van der Waals surface area contributed by atoms with Gasteiger partial charge in [0.05, 0.1) is 30.3 Å². The first kappa shape index (κ1) is 20.7. The van der Waals surface area contributed by atoms with Gasteiger partial charge in [0.1, 0.15) is 5.82 Å². The summed E-state index contributed by atoms with van der Waals surface area (Å²) in [6, 6.07) is 17.8. The average molecular weight is 446 g/mol. The van der Waals surface area contributed by atoms with E-state index in [1.807, 2.05) is 59.6 Å². The number of halogens is 1. The fourth-order valence-corrected chi connectivity index (χ4v) is 5.19. The molecule has 1 saturated heterocycles. The number of rotatable bonds is 3. The van der Waals surface area contributed by atoms with Gasteiger partial charge in [-0.2, -0.15) is 5.26 Å². The van der Waals surface area contributed by atoms with Crippen LogP contribution in [-0.4, -0.2) is 40.0 Å². The Morgan fingerprint density at radius 1 is 1.09 bits per heavy atom. The van der Waals surface area contributed by atoms with Crippen molar-refractivity contribution in [2.75, 3.05) is 24.5 Å². The molecule has 0 bridgehead atoms. The number of carbonyl (C=O) groups excluding carboxylic acids is 1. The van der Waals surface area contributed by atoms with Gasteiger partial charge in [0.15, 0.2) is 0 Å². The largest absolute Gasteiger partial charge is 0.324 e. The van der Waals surface area contributed by atoms with Crippen LogP contribution >= 0.6 is 11.6 Å². The fraction of sp³-hybridized carbons (Fsp3) is 0.320. The van der Waals surface area contributed by atoms with Gasteiger partial charge in [-0.15, -0.1) is 0 Å². The van der Waals surface area contributed by atoms with Gasteiger partial charge < -0.3 is 9.47 Å². The van der Waals surface area contributed by atoms with Crippen LogP contribution in [0.1, 0.15) is 47.6 Å². The third kappa shape index (κ3) is 3.68. The first-order valence-corrected chi connectivity index (χ1v) is 11.3. The van der Waals surface area contributed by atoms with Crippen LogP contribution in [0.15, 0.2) is 54.7 Å². The lowest BCUT2D eigenvalue weighted by Crippen LogP contribution is -2.52. The summed E-state index contributed by atoms with van der Waals surface area (Å²) in [4.78, 5) is 21.9. The molecule has 1 aromatic heterocycles. The van der Waals surface area contributed by atoms with Gasteiger partial charge in [0, 0.05) is 35.7 Å². The van der Waals surface area contributed by atoms with Crippen LogP contribution in [0.5, 0.6) is 0 Å². The van der Waals surface area contributed by atoms with Crippen LogP contribution in [0.3, 0.4) is 0 Å². The van der Waals surface area contributed by atoms with E-state index in [9.17, 15) is 4.79 Å². The Balaban J connectivity index is 1.38. The number of hydrogen-bond acceptors (Lipinski definition) is 4. The van der Waals surface area contributed by atoms with E-state index < -0.39 is 0 Å². The topological polar surface area (TPSA) is 65.2 Å². The fourth-order valence-electron chi connectivity index (χ4n) is 5.01. The molecular weight excluding hydrogens is 422 g/mol. The molecule has 3 heterocycles. The number of amides is 1. The lowest BCUT2D eigenvalue weighted by molar-refractivity contribution is -0.122. The van der Waals surface area contributed by atoms with E-state index in [-0.39, 0.29) is 18.0 Å². The number of benzene rings is 2. The summed E-state index contributed by atoms with van der Waals surface area (Å²) in [5, 5.41) is 9.74. The summed E-state index contributed by atoms with van der Waals surface area (Å²) < 4.78 is 2.31. The minimum atomic E-state index is 0.0857. The summed E-state index contributed by atoms with van der Waals surface area (Å²) in [5.74, 6) is 1.11. The van der Waals surface area contributed by atoms with Crippen molar-refractivity contribution in [3.05, 3.63) is 82.4 Å². The van der Waals surface area contributed by atoms with Gasteiger partial charge >= 0.3 is 0 Å². The van der Waals surface area contributed by atoms with Gasteiger partial charge in [-0.05, 0) is 55.7 Å². The highest BCUT2D eigenvalue weighted by molar-refractivity contribution is 6.30. The van der Waals surface area contributed by atoms with Gasteiger partial charge in [0.25, 0.3) is 0 Å². The maximum absolute atomic E-state index is 13.0. The van der Waals surface area contributed by atoms with E-state index in [0.29, 0.717) is 23.7 Å². The van der Waals surface area contributed by atoms with Gasteiger partial charge in [-0.3, -0.25) is 9.69 Å². The molecule has 162 valence electrons. The molecule has 7 heteroatoms. The van der Waals surface area contributed by atoms with Crippen molar-refractivity contribution in [3.8, 4) is 6.07 Å². The maximum atomic E-state index is 13.0. The Morgan fingerprint density at radius 3 is 2.59 bits per heavy atom. The van der Waals surface area contributed by atoms with Crippen LogP contribution < -0.4 is 4.90 Å². The highest BCUT2D eigenvalue weighted by atomic mass is 35.5. The van der Waals surface area contributed by atoms with Crippen LogP contribution in [-0.2, 0) is 4.79 Å². The SMILES string of the molecule is Cc1cnc2n1[C@H](c1ccc(C#N)cc1)CC[C@@H]2N1CCN(c2cccc(Cl)c2)C(=O)C1. The van der Waals surface area contributed by atoms with Crippen LogP contribution in [0, 0.1) is 18.3 Å². The number of hydrogen-bond donors (Lipinski definition) is 0. The quantitative estimate of drug-likeness (QED) is 0.595. The molecule has 2 aliphatic rings. The van der Waals surface area contributed by atoms with Crippen LogP contribution in [0.2, 0.25) is 5.02 Å². The molecule has 5 rings (SSSR count). The number of imidazole rings is 1. The molecule has 1 amide bonds. The Morgan fingerprint density at radius 2 is 1.88 bits per heavy atom. The summed E-state index contributed by atoms with van der Waals surface area (Å²) in [5.41, 5.74) is 3.82. The van der Waals surface area contributed by atoms with E-state index >= 15 is 0 Å². The Kier molecular flexibility index (Phi) is 5.46. The van der Waals surface area contributed by atoms with Gasteiger partial charge in [-0.25, -0.2) is 4.98 Å². The van der Waals surface area contributed by atoms with Crippen molar-refractivity contribution in [3.63, 3.8) is 0 Å². The summed E-state index contributed by atoms with van der Waals surface area (Å²) in [6.45, 7) is 3.87. The first-order chi connectivity index (χ1) is 15.5. The van der Waals surface area contributed by atoms with Crippen molar-refractivity contribution < 1.29 is 4.79 Å². The smallest absolute Gasteiger partial charge is 0.241 e. The zero-order valence-corrected chi connectivity index (χ0v) is 18.7. The summed E-state index contributed by atoms with van der Waals surface area (Å²) in [7, 11) is 0. The molecule has 0 aliphatic carbocycles. The molecule has 2 aromatic carbocycles. The van der Waals surface area contributed by atoms with E-state index in [1.54, 1.807) is 0 Å². The highest BCUT2D eigenvalue weighted by Crippen LogP contribution is 2.40. The summed E-state index contributed by atoms with van der Waals surface area (Å²) >= 11 is 6.13. The van der Waals surface area contributed by atoms with Crippen LogP contribution in [0.4, 0.5) is 5.69 Å². The number of nitriles is 1. The first-order valence-electron chi connectivity index (χ1n) is 10.9. The predicted octanol–water partition coefficient (Wildman–Crippen LogP) is 4.49. The lowest BCUT2D eigenvalue weighted by Gasteiger charge is -2.42. The van der Waals surface area contributed by atoms with Crippen molar-refractivity contribution in [2.24, 2.45) is 0 Å². The second kappa shape index (κ2) is 8.42. The minimum Gasteiger partial charge on any atom is -0.324 e. The average Bonchev–Trinajstić information content (AvgIpc) is 3.20. The molecule has 3 aromatic rings. The maximum Gasteiger partial charge on any atom is 0.241 e. The van der Waals surface area contributed by atoms with Crippen LogP contribution in [0.25, 0.3) is 0 Å². The normalized spacial score (nSPS) is 21.3. The number of nitrogens with zero attached hydrogens (tertiary/aromatic N) is 5. The Labute approximate surface area is 192 Å². The number of carbonyl (C=O) groups is 1. The molecule has 0 radical (unpaired) electrons. The zero-order chi connectivity index (χ0) is 22.2. The molecule has 2 aliphatic heterocycles. The number of fused-ring (bicyclic) bond motifs is 1. The van der Waals surface area contributed by atoms with Gasteiger partial charge in [-0.1, -0.05) is 29.8 Å². The number of aromatic nitrogens is 2. The molecule has 32 heavy (non-hydrogen) atoms. The van der Waals surface area contributed by atoms with E-state index in [0.717, 1.165) is 36.6 Å². The monoisotopic (exact) mass is 445 g/mol. The van der Waals surface area contributed by atoms with Crippen molar-refractivity contribution >= 4 is 23.2 Å². The molecule has 1 fully saturated rings. The van der Waals surface area contributed by atoms with E-state index in [2.05, 4.69) is 22.5 Å². The van der Waals surface area contributed by atoms with Crippen molar-refractivity contribution in [1.82, 2.24) is 14.5 Å².